The molecular weight excluding hydrogens is 285 g/mol. The van der Waals surface area contributed by atoms with E-state index in [1.54, 1.807) is 30.0 Å². The fourth-order valence-corrected chi connectivity index (χ4v) is 2.74. The minimum absolute atomic E-state index is 0.217. The zero-order valence-corrected chi connectivity index (χ0v) is 12.9. The standard InChI is InChI=1S/C17H18FNOS/c1-12(2)21-14-9-7-13(8-10-14)11-17(20)19-16-6-4-3-5-15(16)18/h3-10,12H,11H2,1-2H3,(H,19,20). The maximum atomic E-state index is 13.4. The Hall–Kier alpha value is -1.81. The Kier molecular flexibility index (Phi) is 5.39. The normalized spacial score (nSPS) is 10.7. The third-order valence-electron chi connectivity index (χ3n) is 2.81. The van der Waals surface area contributed by atoms with Gasteiger partial charge in [0, 0.05) is 10.1 Å². The lowest BCUT2D eigenvalue weighted by atomic mass is 10.1. The van der Waals surface area contributed by atoms with Crippen LogP contribution in [0.1, 0.15) is 19.4 Å². The summed E-state index contributed by atoms with van der Waals surface area (Å²) in [6.07, 6.45) is 0.237. The van der Waals surface area contributed by atoms with Crippen molar-refractivity contribution < 1.29 is 9.18 Å². The smallest absolute Gasteiger partial charge is 0.228 e. The van der Waals surface area contributed by atoms with Gasteiger partial charge in [0.2, 0.25) is 5.91 Å². The molecule has 0 aromatic heterocycles. The molecule has 2 nitrogen and oxygen atoms in total. The lowest BCUT2D eigenvalue weighted by Crippen LogP contribution is -2.15. The van der Waals surface area contributed by atoms with Gasteiger partial charge in [0.1, 0.15) is 5.82 Å². The van der Waals surface area contributed by atoms with Gasteiger partial charge in [-0.3, -0.25) is 4.79 Å². The quantitative estimate of drug-likeness (QED) is 0.824. The van der Waals surface area contributed by atoms with Crippen molar-refractivity contribution in [3.05, 3.63) is 59.9 Å². The van der Waals surface area contributed by atoms with Crippen molar-refractivity contribution in [2.45, 2.75) is 30.4 Å². The van der Waals surface area contributed by atoms with Gasteiger partial charge in [-0.05, 0) is 29.8 Å². The summed E-state index contributed by atoms with van der Waals surface area (Å²) < 4.78 is 13.4. The number of carbonyl (C=O) groups is 1. The molecule has 1 amide bonds. The molecule has 0 radical (unpaired) electrons. The van der Waals surface area contributed by atoms with E-state index in [4.69, 9.17) is 0 Å². The van der Waals surface area contributed by atoms with E-state index >= 15 is 0 Å². The predicted octanol–water partition coefficient (Wildman–Crippen LogP) is 4.51. The van der Waals surface area contributed by atoms with E-state index in [-0.39, 0.29) is 18.0 Å². The van der Waals surface area contributed by atoms with Crippen LogP contribution in [0.15, 0.2) is 53.4 Å². The van der Waals surface area contributed by atoms with Crippen molar-refractivity contribution in [2.75, 3.05) is 5.32 Å². The molecule has 110 valence electrons. The number of halogens is 1. The molecule has 0 spiro atoms. The molecule has 2 rings (SSSR count). The third kappa shape index (κ3) is 4.90. The van der Waals surface area contributed by atoms with Crippen molar-refractivity contribution in [2.24, 2.45) is 0 Å². The Bertz CT molecular complexity index is 610. The first-order chi connectivity index (χ1) is 10.0. The molecule has 2 aromatic rings. The van der Waals surface area contributed by atoms with Crippen LogP contribution in [0.5, 0.6) is 0 Å². The largest absolute Gasteiger partial charge is 0.323 e. The monoisotopic (exact) mass is 303 g/mol. The van der Waals surface area contributed by atoms with Crippen molar-refractivity contribution in [1.29, 1.82) is 0 Å². The lowest BCUT2D eigenvalue weighted by Gasteiger charge is -2.08. The first-order valence-electron chi connectivity index (χ1n) is 6.84. The summed E-state index contributed by atoms with van der Waals surface area (Å²) in [5.41, 5.74) is 1.13. The summed E-state index contributed by atoms with van der Waals surface area (Å²) >= 11 is 1.78. The molecule has 0 bridgehead atoms. The predicted molar refractivity (Wildman–Crippen MR) is 86.2 cm³/mol. The second-order valence-corrected chi connectivity index (χ2v) is 6.67. The summed E-state index contributed by atoms with van der Waals surface area (Å²) in [4.78, 5) is 13.1. The highest BCUT2D eigenvalue weighted by Crippen LogP contribution is 2.23. The van der Waals surface area contributed by atoms with Gasteiger partial charge in [0.15, 0.2) is 0 Å². The Morgan fingerprint density at radius 1 is 1.14 bits per heavy atom. The molecule has 0 unspecified atom stereocenters. The summed E-state index contributed by atoms with van der Waals surface area (Å²) in [6, 6.07) is 14.1. The number of carbonyl (C=O) groups excluding carboxylic acids is 1. The average Bonchev–Trinajstić information content (AvgIpc) is 2.43. The number of rotatable bonds is 5. The van der Waals surface area contributed by atoms with Crippen LogP contribution < -0.4 is 5.32 Å². The Labute approximate surface area is 128 Å². The molecular formula is C17H18FNOS. The van der Waals surface area contributed by atoms with Crippen LogP contribution in [0.4, 0.5) is 10.1 Å². The number of para-hydroxylation sites is 1. The van der Waals surface area contributed by atoms with Crippen LogP contribution in [0.2, 0.25) is 0 Å². The minimum atomic E-state index is -0.422. The molecule has 0 saturated heterocycles. The highest BCUT2D eigenvalue weighted by Gasteiger charge is 2.07. The van der Waals surface area contributed by atoms with Crippen LogP contribution in [0, 0.1) is 5.82 Å². The first kappa shape index (κ1) is 15.6. The van der Waals surface area contributed by atoms with Gasteiger partial charge in [-0.15, -0.1) is 11.8 Å². The molecule has 2 aromatic carbocycles. The SMILES string of the molecule is CC(C)Sc1ccc(CC(=O)Nc2ccccc2F)cc1. The summed E-state index contributed by atoms with van der Waals surface area (Å²) in [5, 5.41) is 3.11. The zero-order valence-electron chi connectivity index (χ0n) is 12.1. The van der Waals surface area contributed by atoms with Crippen LogP contribution >= 0.6 is 11.8 Å². The Balaban J connectivity index is 1.95. The zero-order chi connectivity index (χ0) is 15.2. The highest BCUT2D eigenvalue weighted by atomic mass is 32.2. The van der Waals surface area contributed by atoms with E-state index in [0.29, 0.717) is 5.25 Å². The maximum absolute atomic E-state index is 13.4. The molecule has 0 aliphatic carbocycles. The molecule has 4 heteroatoms. The topological polar surface area (TPSA) is 29.1 Å². The number of nitrogens with one attached hydrogen (secondary N) is 1. The van der Waals surface area contributed by atoms with E-state index in [1.807, 2.05) is 24.3 Å². The number of amides is 1. The van der Waals surface area contributed by atoms with Gasteiger partial charge in [-0.2, -0.15) is 0 Å². The summed E-state index contributed by atoms with van der Waals surface area (Å²) in [6.45, 7) is 4.28. The van der Waals surface area contributed by atoms with Crippen LogP contribution in [-0.4, -0.2) is 11.2 Å². The van der Waals surface area contributed by atoms with E-state index in [1.165, 1.54) is 11.0 Å². The van der Waals surface area contributed by atoms with Crippen LogP contribution in [-0.2, 0) is 11.2 Å². The Morgan fingerprint density at radius 2 is 1.81 bits per heavy atom. The second-order valence-electron chi connectivity index (χ2n) is 5.02. The number of hydrogen-bond acceptors (Lipinski definition) is 2. The van der Waals surface area contributed by atoms with E-state index in [0.717, 1.165) is 5.56 Å². The van der Waals surface area contributed by atoms with Crippen LogP contribution in [0.3, 0.4) is 0 Å². The van der Waals surface area contributed by atoms with Crippen molar-refractivity contribution in [3.63, 3.8) is 0 Å². The van der Waals surface area contributed by atoms with Gasteiger partial charge in [-0.25, -0.2) is 4.39 Å². The molecule has 0 aliphatic rings. The molecule has 21 heavy (non-hydrogen) atoms. The number of benzene rings is 2. The summed E-state index contributed by atoms with van der Waals surface area (Å²) in [7, 11) is 0. The van der Waals surface area contributed by atoms with Crippen LogP contribution in [0.25, 0.3) is 0 Å². The van der Waals surface area contributed by atoms with Crippen molar-refractivity contribution in [3.8, 4) is 0 Å². The molecule has 0 fully saturated rings. The Morgan fingerprint density at radius 3 is 2.43 bits per heavy atom. The number of thioether (sulfide) groups is 1. The minimum Gasteiger partial charge on any atom is -0.323 e. The van der Waals surface area contributed by atoms with Gasteiger partial charge >= 0.3 is 0 Å². The maximum Gasteiger partial charge on any atom is 0.228 e. The van der Waals surface area contributed by atoms with Gasteiger partial charge < -0.3 is 5.32 Å². The lowest BCUT2D eigenvalue weighted by molar-refractivity contribution is -0.115. The molecule has 0 aliphatic heterocycles. The number of hydrogen-bond donors (Lipinski definition) is 1. The van der Waals surface area contributed by atoms with E-state index in [9.17, 15) is 9.18 Å². The molecule has 0 atom stereocenters. The van der Waals surface area contributed by atoms with Crippen molar-refractivity contribution >= 4 is 23.4 Å². The first-order valence-corrected chi connectivity index (χ1v) is 7.72. The second kappa shape index (κ2) is 7.27. The fraction of sp³-hybridized carbons (Fsp3) is 0.235. The molecule has 0 heterocycles. The van der Waals surface area contributed by atoms with Crippen molar-refractivity contribution in [1.82, 2.24) is 0 Å². The van der Waals surface area contributed by atoms with Gasteiger partial charge in [0.05, 0.1) is 12.1 Å². The van der Waals surface area contributed by atoms with Gasteiger partial charge in [-0.1, -0.05) is 38.1 Å². The average molecular weight is 303 g/mol. The highest BCUT2D eigenvalue weighted by molar-refractivity contribution is 7.99. The fourth-order valence-electron chi connectivity index (χ4n) is 1.90. The summed E-state index contributed by atoms with van der Waals surface area (Å²) in [5.74, 6) is -0.640. The third-order valence-corrected chi connectivity index (χ3v) is 3.82. The molecule has 0 saturated carbocycles. The van der Waals surface area contributed by atoms with E-state index < -0.39 is 5.82 Å². The van der Waals surface area contributed by atoms with Gasteiger partial charge in [0.25, 0.3) is 0 Å². The van der Waals surface area contributed by atoms with E-state index in [2.05, 4.69) is 19.2 Å². The molecule has 1 N–H and O–H groups in total. The number of anilines is 1.